The van der Waals surface area contributed by atoms with Crippen molar-refractivity contribution in [3.05, 3.63) is 65.1 Å². The van der Waals surface area contributed by atoms with Crippen LogP contribution in [0, 0.1) is 17.5 Å². The topological polar surface area (TPSA) is 114 Å². The highest BCUT2D eigenvalue weighted by Gasteiger charge is 2.38. The lowest BCUT2D eigenvalue weighted by atomic mass is 10.1. The molecule has 0 radical (unpaired) electrons. The third kappa shape index (κ3) is 6.47. The zero-order valence-corrected chi connectivity index (χ0v) is 20.4. The number of alkyl halides is 3. The molecule has 3 aromatic rings. The largest absolute Gasteiger partial charge is 0.491 e. The third-order valence-electron chi connectivity index (χ3n) is 4.65. The van der Waals surface area contributed by atoms with Crippen molar-refractivity contribution < 1.29 is 36.0 Å². The molecule has 0 saturated carbocycles. The SMILES string of the molecule is Cc1c(C(F)(F)F)nnc(Oc2cc(F)cc(OC(C)C)c2)c1C(=O)Nc1cccc(S(C)(=N)=O)c1. The summed E-state index contributed by atoms with van der Waals surface area (Å²) in [5, 5.41) is 9.02. The summed E-state index contributed by atoms with van der Waals surface area (Å²) >= 11 is 0. The van der Waals surface area contributed by atoms with E-state index in [0.29, 0.717) is 0 Å². The van der Waals surface area contributed by atoms with E-state index in [4.69, 9.17) is 14.3 Å². The average molecular weight is 527 g/mol. The van der Waals surface area contributed by atoms with E-state index in [1.807, 2.05) is 0 Å². The number of benzene rings is 2. The summed E-state index contributed by atoms with van der Waals surface area (Å²) in [6.07, 6.45) is -4.03. The number of ether oxygens (including phenoxy) is 2. The van der Waals surface area contributed by atoms with Crippen LogP contribution in [0.1, 0.15) is 35.5 Å². The summed E-state index contributed by atoms with van der Waals surface area (Å²) < 4.78 is 85.2. The molecule has 0 aliphatic heterocycles. The lowest BCUT2D eigenvalue weighted by Crippen LogP contribution is -2.21. The zero-order chi connectivity index (χ0) is 26.8. The van der Waals surface area contributed by atoms with Gasteiger partial charge in [-0.3, -0.25) is 4.79 Å². The molecule has 0 aliphatic carbocycles. The first-order valence-electron chi connectivity index (χ1n) is 10.4. The lowest BCUT2D eigenvalue weighted by Gasteiger charge is -2.17. The monoisotopic (exact) mass is 526 g/mol. The van der Waals surface area contributed by atoms with Crippen LogP contribution in [-0.4, -0.2) is 32.7 Å². The van der Waals surface area contributed by atoms with Crippen LogP contribution in [0.2, 0.25) is 0 Å². The van der Waals surface area contributed by atoms with E-state index in [9.17, 15) is 26.6 Å². The Labute approximate surface area is 204 Å². The van der Waals surface area contributed by atoms with E-state index in [1.165, 1.54) is 36.6 Å². The number of anilines is 1. The molecule has 36 heavy (non-hydrogen) atoms. The van der Waals surface area contributed by atoms with Gasteiger partial charge in [-0.2, -0.15) is 13.2 Å². The molecule has 0 bridgehead atoms. The first-order valence-corrected chi connectivity index (χ1v) is 12.4. The van der Waals surface area contributed by atoms with Gasteiger partial charge in [-0.15, -0.1) is 10.2 Å². The van der Waals surface area contributed by atoms with Crippen molar-refractivity contribution in [2.75, 3.05) is 11.6 Å². The normalized spacial score (nSPS) is 13.2. The highest BCUT2D eigenvalue weighted by molar-refractivity contribution is 7.91. The van der Waals surface area contributed by atoms with Gasteiger partial charge < -0.3 is 14.8 Å². The molecular weight excluding hydrogens is 504 g/mol. The Morgan fingerprint density at radius 3 is 2.39 bits per heavy atom. The highest BCUT2D eigenvalue weighted by Crippen LogP contribution is 2.36. The van der Waals surface area contributed by atoms with Crippen LogP contribution in [0.3, 0.4) is 0 Å². The van der Waals surface area contributed by atoms with E-state index < -0.39 is 50.3 Å². The predicted molar refractivity (Wildman–Crippen MR) is 123 cm³/mol. The minimum atomic E-state index is -4.92. The van der Waals surface area contributed by atoms with Crippen molar-refractivity contribution in [2.45, 2.75) is 37.9 Å². The summed E-state index contributed by atoms with van der Waals surface area (Å²) in [6, 6.07) is 8.85. The molecule has 8 nitrogen and oxygen atoms in total. The molecule has 1 aromatic heterocycles. The van der Waals surface area contributed by atoms with Gasteiger partial charge in [0.25, 0.3) is 11.8 Å². The van der Waals surface area contributed by atoms with Crippen LogP contribution < -0.4 is 14.8 Å². The summed E-state index contributed by atoms with van der Waals surface area (Å²) in [7, 11) is -3.12. The van der Waals surface area contributed by atoms with Crippen LogP contribution in [-0.2, 0) is 15.9 Å². The zero-order valence-electron chi connectivity index (χ0n) is 19.6. The number of hydrogen-bond acceptors (Lipinski definition) is 7. The number of carbonyl (C=O) groups excluding carboxylic acids is 1. The van der Waals surface area contributed by atoms with Gasteiger partial charge in [0.05, 0.1) is 15.8 Å². The molecule has 13 heteroatoms. The van der Waals surface area contributed by atoms with Crippen molar-refractivity contribution >= 4 is 21.3 Å². The number of amides is 1. The number of carbonyl (C=O) groups is 1. The molecule has 3 rings (SSSR count). The van der Waals surface area contributed by atoms with E-state index in [1.54, 1.807) is 13.8 Å². The number of rotatable bonds is 7. The number of halogens is 4. The average Bonchev–Trinajstić information content (AvgIpc) is 2.71. The second-order valence-electron chi connectivity index (χ2n) is 8.07. The molecule has 1 heterocycles. The van der Waals surface area contributed by atoms with Gasteiger partial charge in [0, 0.05) is 35.0 Å². The molecule has 2 aromatic carbocycles. The summed E-state index contributed by atoms with van der Waals surface area (Å²) in [4.78, 5) is 13.2. The van der Waals surface area contributed by atoms with Crippen LogP contribution in [0.25, 0.3) is 0 Å². The van der Waals surface area contributed by atoms with Crippen LogP contribution in [0.4, 0.5) is 23.2 Å². The summed E-state index contributed by atoms with van der Waals surface area (Å²) in [5.74, 6) is -2.48. The lowest BCUT2D eigenvalue weighted by molar-refractivity contribution is -0.142. The fraction of sp³-hybridized carbons (Fsp3) is 0.261. The first-order chi connectivity index (χ1) is 16.6. The van der Waals surface area contributed by atoms with Crippen molar-refractivity contribution in [3.63, 3.8) is 0 Å². The second kappa shape index (κ2) is 10.1. The Hall–Kier alpha value is -3.74. The molecule has 1 amide bonds. The molecular formula is C23H22F4N4O4S. The Balaban J connectivity index is 2.07. The maximum absolute atomic E-state index is 14.1. The second-order valence-corrected chi connectivity index (χ2v) is 10.2. The molecule has 192 valence electrons. The summed E-state index contributed by atoms with van der Waals surface area (Å²) in [6.45, 7) is 4.45. The fourth-order valence-electron chi connectivity index (χ4n) is 3.16. The first kappa shape index (κ1) is 26.9. The molecule has 0 fully saturated rings. The number of hydrogen-bond donors (Lipinski definition) is 2. The van der Waals surface area contributed by atoms with Crippen LogP contribution in [0.5, 0.6) is 17.4 Å². The Kier molecular flexibility index (Phi) is 7.53. The standard InChI is InChI=1S/C23H22F4N4O4S/c1-12(2)34-16-8-14(24)9-17(11-16)35-22-19(13(3)20(30-31-22)23(25,26)27)21(32)29-15-6-5-7-18(10-15)36(4,28)33/h5-12,28H,1-4H3,(H,29,32). The van der Waals surface area contributed by atoms with Crippen molar-refractivity contribution in [2.24, 2.45) is 0 Å². The molecule has 0 spiro atoms. The Bertz CT molecular complexity index is 1410. The third-order valence-corrected chi connectivity index (χ3v) is 5.81. The molecule has 1 unspecified atom stereocenters. The van der Waals surface area contributed by atoms with Gasteiger partial charge in [-0.1, -0.05) is 6.07 Å². The fourth-order valence-corrected chi connectivity index (χ4v) is 3.85. The minimum absolute atomic E-state index is 0.0772. The highest BCUT2D eigenvalue weighted by atomic mass is 32.2. The van der Waals surface area contributed by atoms with Crippen molar-refractivity contribution in [1.82, 2.24) is 10.2 Å². The van der Waals surface area contributed by atoms with Gasteiger partial charge in [-0.05, 0) is 44.5 Å². The van der Waals surface area contributed by atoms with Gasteiger partial charge >= 0.3 is 6.18 Å². The predicted octanol–water partition coefficient (Wildman–Crippen LogP) is 5.81. The van der Waals surface area contributed by atoms with E-state index in [-0.39, 0.29) is 28.2 Å². The molecule has 0 aliphatic rings. The number of nitrogens with one attached hydrogen (secondary N) is 2. The number of aromatic nitrogens is 2. The molecule has 1 atom stereocenters. The quantitative estimate of drug-likeness (QED) is 0.376. The van der Waals surface area contributed by atoms with Gasteiger partial charge in [0.15, 0.2) is 5.69 Å². The summed E-state index contributed by atoms with van der Waals surface area (Å²) in [5.41, 5.74) is -2.50. The van der Waals surface area contributed by atoms with Gasteiger partial charge in [0.1, 0.15) is 22.9 Å². The van der Waals surface area contributed by atoms with E-state index in [2.05, 4.69) is 15.5 Å². The van der Waals surface area contributed by atoms with Crippen molar-refractivity contribution in [3.8, 4) is 17.4 Å². The van der Waals surface area contributed by atoms with E-state index in [0.717, 1.165) is 19.1 Å². The maximum atomic E-state index is 14.1. The Morgan fingerprint density at radius 2 is 1.78 bits per heavy atom. The molecule has 0 saturated heterocycles. The van der Waals surface area contributed by atoms with Gasteiger partial charge in [0.2, 0.25) is 0 Å². The maximum Gasteiger partial charge on any atom is 0.435 e. The van der Waals surface area contributed by atoms with Gasteiger partial charge in [-0.25, -0.2) is 13.4 Å². The minimum Gasteiger partial charge on any atom is -0.491 e. The van der Waals surface area contributed by atoms with Crippen LogP contribution in [0.15, 0.2) is 47.4 Å². The van der Waals surface area contributed by atoms with Crippen molar-refractivity contribution in [1.29, 1.82) is 4.78 Å². The Morgan fingerprint density at radius 1 is 1.11 bits per heavy atom. The molecule has 2 N–H and O–H groups in total. The van der Waals surface area contributed by atoms with E-state index >= 15 is 0 Å². The number of nitrogens with zero attached hydrogens (tertiary/aromatic N) is 2. The smallest absolute Gasteiger partial charge is 0.435 e. The van der Waals surface area contributed by atoms with Crippen LogP contribution >= 0.6 is 0 Å².